The number of nitrogens with zero attached hydrogens (tertiary/aromatic N) is 6. The molecule has 0 radical (unpaired) electrons. The summed E-state index contributed by atoms with van der Waals surface area (Å²) in [6.07, 6.45) is 1.60. The van der Waals surface area contributed by atoms with E-state index in [0.717, 1.165) is 43.2 Å². The van der Waals surface area contributed by atoms with Crippen molar-refractivity contribution in [3.63, 3.8) is 0 Å². The maximum absolute atomic E-state index is 4.42. The molecule has 3 heterocycles. The first kappa shape index (κ1) is 13.1. The molecule has 3 aromatic rings. The van der Waals surface area contributed by atoms with E-state index in [0.29, 0.717) is 6.54 Å². The Morgan fingerprint density at radius 1 is 1.05 bits per heavy atom. The standard InChI is InChI=1S/C15H17N7/c1-2-4-12(5-3-1)10-22-15-13(19-20-22)14(17-11-18-15)21-8-6-16-7-9-21/h1-5,11,16H,6-10H2. The van der Waals surface area contributed by atoms with Gasteiger partial charge < -0.3 is 10.2 Å². The predicted molar refractivity (Wildman–Crippen MR) is 83.7 cm³/mol. The molecular formula is C15H17N7. The number of hydrogen-bond acceptors (Lipinski definition) is 6. The van der Waals surface area contributed by atoms with Crippen molar-refractivity contribution in [3.8, 4) is 0 Å². The molecule has 0 bridgehead atoms. The van der Waals surface area contributed by atoms with E-state index in [1.165, 1.54) is 5.56 Å². The molecule has 2 aromatic heterocycles. The van der Waals surface area contributed by atoms with E-state index in [9.17, 15) is 0 Å². The Kier molecular flexibility index (Phi) is 3.40. The lowest BCUT2D eigenvalue weighted by Gasteiger charge is -2.28. The van der Waals surface area contributed by atoms with Gasteiger partial charge in [0.25, 0.3) is 0 Å². The average Bonchev–Trinajstić information content (AvgIpc) is 3.00. The minimum Gasteiger partial charge on any atom is -0.352 e. The van der Waals surface area contributed by atoms with Crippen molar-refractivity contribution in [2.24, 2.45) is 0 Å². The number of benzene rings is 1. The molecule has 4 rings (SSSR count). The van der Waals surface area contributed by atoms with Gasteiger partial charge in [-0.2, -0.15) is 0 Å². The highest BCUT2D eigenvalue weighted by Crippen LogP contribution is 2.21. The second kappa shape index (κ2) is 5.69. The van der Waals surface area contributed by atoms with E-state index >= 15 is 0 Å². The Morgan fingerprint density at radius 3 is 2.68 bits per heavy atom. The van der Waals surface area contributed by atoms with Gasteiger partial charge in [0.1, 0.15) is 6.33 Å². The fraction of sp³-hybridized carbons (Fsp3) is 0.333. The molecule has 0 amide bonds. The average molecular weight is 295 g/mol. The summed E-state index contributed by atoms with van der Waals surface area (Å²) in [5.41, 5.74) is 2.74. The fourth-order valence-corrected chi connectivity index (χ4v) is 2.75. The third-order valence-corrected chi connectivity index (χ3v) is 3.87. The smallest absolute Gasteiger partial charge is 0.184 e. The normalized spacial score (nSPS) is 15.4. The molecule has 1 aliphatic heterocycles. The zero-order valence-electron chi connectivity index (χ0n) is 12.2. The van der Waals surface area contributed by atoms with Crippen molar-refractivity contribution < 1.29 is 0 Å². The number of aromatic nitrogens is 5. The number of fused-ring (bicyclic) bond motifs is 1. The summed E-state index contributed by atoms with van der Waals surface area (Å²) in [6.45, 7) is 4.44. The van der Waals surface area contributed by atoms with Gasteiger partial charge in [-0.3, -0.25) is 0 Å². The third-order valence-electron chi connectivity index (χ3n) is 3.87. The summed E-state index contributed by atoms with van der Waals surface area (Å²) in [7, 11) is 0. The van der Waals surface area contributed by atoms with Gasteiger partial charge in [-0.05, 0) is 5.56 Å². The molecule has 1 N–H and O–H groups in total. The molecule has 0 atom stereocenters. The van der Waals surface area contributed by atoms with Gasteiger partial charge >= 0.3 is 0 Å². The quantitative estimate of drug-likeness (QED) is 0.766. The van der Waals surface area contributed by atoms with E-state index in [1.54, 1.807) is 6.33 Å². The Morgan fingerprint density at radius 2 is 1.86 bits per heavy atom. The zero-order valence-corrected chi connectivity index (χ0v) is 12.2. The Hall–Kier alpha value is -2.54. The molecule has 1 fully saturated rings. The molecule has 0 unspecified atom stereocenters. The molecule has 0 spiro atoms. The van der Waals surface area contributed by atoms with E-state index in [4.69, 9.17) is 0 Å². The second-order valence-electron chi connectivity index (χ2n) is 5.34. The van der Waals surface area contributed by atoms with Crippen molar-refractivity contribution in [3.05, 3.63) is 42.2 Å². The summed E-state index contributed by atoms with van der Waals surface area (Å²) in [6, 6.07) is 10.2. The van der Waals surface area contributed by atoms with Gasteiger partial charge in [0, 0.05) is 26.2 Å². The summed E-state index contributed by atoms with van der Waals surface area (Å²) < 4.78 is 1.83. The molecule has 22 heavy (non-hydrogen) atoms. The largest absolute Gasteiger partial charge is 0.352 e. The summed E-state index contributed by atoms with van der Waals surface area (Å²) >= 11 is 0. The lowest BCUT2D eigenvalue weighted by atomic mass is 10.2. The topological polar surface area (TPSA) is 71.8 Å². The molecule has 1 aromatic carbocycles. The van der Waals surface area contributed by atoms with Crippen LogP contribution in [0.15, 0.2) is 36.7 Å². The van der Waals surface area contributed by atoms with Crippen molar-refractivity contribution in [2.45, 2.75) is 6.54 Å². The predicted octanol–water partition coefficient (Wildman–Crippen LogP) is 0.679. The lowest BCUT2D eigenvalue weighted by Crippen LogP contribution is -2.44. The molecule has 7 nitrogen and oxygen atoms in total. The molecule has 7 heteroatoms. The van der Waals surface area contributed by atoms with Crippen molar-refractivity contribution in [1.29, 1.82) is 0 Å². The van der Waals surface area contributed by atoms with Crippen LogP contribution in [0.5, 0.6) is 0 Å². The van der Waals surface area contributed by atoms with Crippen LogP contribution in [0, 0.1) is 0 Å². The summed E-state index contributed by atoms with van der Waals surface area (Å²) in [4.78, 5) is 11.0. The van der Waals surface area contributed by atoms with Crippen molar-refractivity contribution >= 4 is 17.0 Å². The third kappa shape index (κ3) is 2.39. The van der Waals surface area contributed by atoms with Crippen molar-refractivity contribution in [2.75, 3.05) is 31.1 Å². The highest BCUT2D eigenvalue weighted by molar-refractivity contribution is 5.82. The SMILES string of the molecule is c1ccc(Cn2nnc3c(N4CCNCC4)ncnc32)cc1. The molecular weight excluding hydrogens is 278 g/mol. The van der Waals surface area contributed by atoms with Crippen LogP contribution in [-0.4, -0.2) is 51.1 Å². The highest BCUT2D eigenvalue weighted by Gasteiger charge is 2.18. The second-order valence-corrected chi connectivity index (χ2v) is 5.34. The minimum absolute atomic E-state index is 0.662. The van der Waals surface area contributed by atoms with Gasteiger partial charge in [-0.15, -0.1) is 5.10 Å². The number of hydrogen-bond donors (Lipinski definition) is 1. The van der Waals surface area contributed by atoms with Gasteiger partial charge in [0.2, 0.25) is 0 Å². The van der Waals surface area contributed by atoms with Gasteiger partial charge in [0.05, 0.1) is 6.54 Å². The molecule has 112 valence electrons. The van der Waals surface area contributed by atoms with Crippen LogP contribution < -0.4 is 10.2 Å². The van der Waals surface area contributed by atoms with Crippen LogP contribution in [0.1, 0.15) is 5.56 Å². The Bertz CT molecular complexity index is 762. The first-order valence-corrected chi connectivity index (χ1v) is 7.45. The van der Waals surface area contributed by atoms with E-state index in [1.807, 2.05) is 22.9 Å². The van der Waals surface area contributed by atoms with E-state index in [2.05, 4.69) is 42.6 Å². The van der Waals surface area contributed by atoms with E-state index < -0.39 is 0 Å². The highest BCUT2D eigenvalue weighted by atomic mass is 15.4. The first-order valence-electron chi connectivity index (χ1n) is 7.45. The number of piperazine rings is 1. The lowest BCUT2D eigenvalue weighted by molar-refractivity contribution is 0.585. The van der Waals surface area contributed by atoms with Crippen LogP contribution >= 0.6 is 0 Å². The van der Waals surface area contributed by atoms with Crippen LogP contribution in [-0.2, 0) is 6.54 Å². The fourth-order valence-electron chi connectivity index (χ4n) is 2.75. The van der Waals surface area contributed by atoms with Crippen LogP contribution in [0.3, 0.4) is 0 Å². The zero-order chi connectivity index (χ0) is 14.8. The molecule has 1 saturated heterocycles. The van der Waals surface area contributed by atoms with Gasteiger partial charge in [-0.25, -0.2) is 14.6 Å². The number of nitrogens with one attached hydrogen (secondary N) is 1. The monoisotopic (exact) mass is 295 g/mol. The molecule has 0 saturated carbocycles. The maximum atomic E-state index is 4.42. The van der Waals surface area contributed by atoms with E-state index in [-0.39, 0.29) is 0 Å². The molecule has 1 aliphatic rings. The summed E-state index contributed by atoms with van der Waals surface area (Å²) in [5.74, 6) is 0.880. The number of anilines is 1. The van der Waals surface area contributed by atoms with Crippen LogP contribution in [0.2, 0.25) is 0 Å². The Balaban J connectivity index is 1.70. The van der Waals surface area contributed by atoms with Crippen LogP contribution in [0.4, 0.5) is 5.82 Å². The maximum Gasteiger partial charge on any atom is 0.184 e. The first-order chi connectivity index (χ1) is 10.9. The Labute approximate surface area is 128 Å². The minimum atomic E-state index is 0.662. The molecule has 0 aliphatic carbocycles. The van der Waals surface area contributed by atoms with Gasteiger partial charge in [-0.1, -0.05) is 35.5 Å². The van der Waals surface area contributed by atoms with Crippen LogP contribution in [0.25, 0.3) is 11.2 Å². The van der Waals surface area contributed by atoms with Crippen molar-refractivity contribution in [1.82, 2.24) is 30.3 Å². The number of rotatable bonds is 3. The summed E-state index contributed by atoms with van der Waals surface area (Å²) in [5, 5.41) is 11.9. The van der Waals surface area contributed by atoms with Gasteiger partial charge in [0.15, 0.2) is 17.0 Å².